The molecule has 1 radical (unpaired) electrons. The Morgan fingerprint density at radius 2 is 1.50 bits per heavy atom. The molecule has 3 rings (SSSR count). The van der Waals surface area contributed by atoms with Crippen molar-refractivity contribution in [2.45, 2.75) is 6.48 Å². The molecule has 0 aliphatic carbocycles. The second-order valence-corrected chi connectivity index (χ2v) is 1.97. The Labute approximate surface area is 47.5 Å². The highest BCUT2D eigenvalue weighted by atomic mass is 16.9. The smallest absolute Gasteiger partial charge is 0.271 e. The lowest BCUT2D eigenvalue weighted by molar-refractivity contribution is -0.336. The van der Waals surface area contributed by atoms with Gasteiger partial charge in [-0.3, -0.25) is 0 Å². The van der Waals surface area contributed by atoms with Crippen molar-refractivity contribution in [3.8, 4) is 0 Å². The molecule has 0 unspecified atom stereocenters. The molecule has 3 saturated heterocycles. The molecule has 3 aliphatic rings. The molecule has 2 bridgehead atoms. The number of ether oxygens (including phenoxy) is 3. The molecule has 8 heavy (non-hydrogen) atoms. The van der Waals surface area contributed by atoms with Crippen molar-refractivity contribution in [1.29, 1.82) is 0 Å². The summed E-state index contributed by atoms with van der Waals surface area (Å²) in [7, 11) is 0. The topological polar surface area (TPSA) is 27.7 Å². The van der Waals surface area contributed by atoms with Gasteiger partial charge in [-0.1, -0.05) is 0 Å². The zero-order chi connectivity index (χ0) is 5.40. The first-order valence-corrected chi connectivity index (χ1v) is 2.63. The lowest BCUT2D eigenvalue weighted by atomic mass is 10.2. The predicted octanol–water partition coefficient (Wildman–Crippen LogP) is -0.0785. The van der Waals surface area contributed by atoms with E-state index in [0.717, 1.165) is 19.8 Å². The van der Waals surface area contributed by atoms with Crippen LogP contribution in [0.25, 0.3) is 0 Å². The van der Waals surface area contributed by atoms with E-state index in [0.29, 0.717) is 0 Å². The molecule has 3 nitrogen and oxygen atoms in total. The molecule has 3 heterocycles. The van der Waals surface area contributed by atoms with Crippen molar-refractivity contribution in [2.75, 3.05) is 19.8 Å². The van der Waals surface area contributed by atoms with Gasteiger partial charge < -0.3 is 14.2 Å². The van der Waals surface area contributed by atoms with Crippen LogP contribution < -0.4 is 0 Å². The van der Waals surface area contributed by atoms with E-state index in [9.17, 15) is 0 Å². The quantitative estimate of drug-likeness (QED) is 0.442. The monoisotopic (exact) mass is 115 g/mol. The summed E-state index contributed by atoms with van der Waals surface area (Å²) >= 11 is 0. The zero-order valence-electron chi connectivity index (χ0n) is 4.42. The molecule has 3 fully saturated rings. The first-order chi connectivity index (χ1) is 3.95. The van der Waals surface area contributed by atoms with Crippen molar-refractivity contribution in [3.05, 3.63) is 5.92 Å². The number of hydrogen-bond acceptors (Lipinski definition) is 3. The predicted molar refractivity (Wildman–Crippen MR) is 24.9 cm³/mol. The first-order valence-electron chi connectivity index (χ1n) is 2.63. The molecule has 0 spiro atoms. The van der Waals surface area contributed by atoms with E-state index in [1.165, 1.54) is 5.92 Å². The molecule has 3 heteroatoms. The lowest BCUT2D eigenvalue weighted by Crippen LogP contribution is -2.41. The second kappa shape index (κ2) is 1.69. The summed E-state index contributed by atoms with van der Waals surface area (Å²) in [6.45, 7) is 1.81. The fraction of sp³-hybridized carbons (Fsp3) is 0.800. The number of fused-ring (bicyclic) bond motifs is 3. The molecule has 3 aliphatic heterocycles. The minimum Gasteiger partial charge on any atom is -0.329 e. The van der Waals surface area contributed by atoms with Crippen molar-refractivity contribution in [2.24, 2.45) is 0 Å². The van der Waals surface area contributed by atoms with Crippen LogP contribution in [-0.4, -0.2) is 26.3 Å². The second-order valence-electron chi connectivity index (χ2n) is 1.97. The van der Waals surface area contributed by atoms with Gasteiger partial charge in [-0.25, -0.2) is 0 Å². The van der Waals surface area contributed by atoms with Gasteiger partial charge in [0.2, 0.25) is 0 Å². The van der Waals surface area contributed by atoms with Gasteiger partial charge in [0.25, 0.3) is 6.48 Å². The zero-order valence-corrected chi connectivity index (χ0v) is 4.42. The van der Waals surface area contributed by atoms with Gasteiger partial charge in [-0.15, -0.1) is 0 Å². The van der Waals surface area contributed by atoms with Crippen LogP contribution in [0, 0.1) is 5.92 Å². The minimum atomic E-state index is -0.368. The van der Waals surface area contributed by atoms with Gasteiger partial charge in [-0.2, -0.15) is 0 Å². The van der Waals surface area contributed by atoms with Crippen LogP contribution in [0.15, 0.2) is 0 Å². The Balaban J connectivity index is 2.03. The Hall–Kier alpha value is -0.120. The van der Waals surface area contributed by atoms with Gasteiger partial charge in [0.15, 0.2) is 0 Å². The summed E-state index contributed by atoms with van der Waals surface area (Å²) in [5.41, 5.74) is 0. The third-order valence-corrected chi connectivity index (χ3v) is 1.27. The van der Waals surface area contributed by atoms with Crippen LogP contribution in [-0.2, 0) is 14.2 Å². The summed E-state index contributed by atoms with van der Waals surface area (Å²) in [5, 5.41) is 0. The maximum Gasteiger partial charge on any atom is 0.271 e. The summed E-state index contributed by atoms with van der Waals surface area (Å²) in [6, 6.07) is 0. The molecular weight excluding hydrogens is 108 g/mol. The number of rotatable bonds is 0. The van der Waals surface area contributed by atoms with Crippen LogP contribution in [0.1, 0.15) is 0 Å². The van der Waals surface area contributed by atoms with E-state index in [2.05, 4.69) is 0 Å². The Kier molecular flexibility index (Phi) is 0.997. The van der Waals surface area contributed by atoms with Gasteiger partial charge in [0, 0.05) is 0 Å². The highest BCUT2D eigenvalue weighted by Gasteiger charge is 2.29. The Morgan fingerprint density at radius 3 is 1.62 bits per heavy atom. The van der Waals surface area contributed by atoms with E-state index in [4.69, 9.17) is 14.2 Å². The molecule has 0 aromatic carbocycles. The van der Waals surface area contributed by atoms with Gasteiger partial charge in [-0.05, 0) is 0 Å². The molecule has 0 N–H and O–H groups in total. The van der Waals surface area contributed by atoms with E-state index < -0.39 is 0 Å². The maximum atomic E-state index is 5.00. The maximum absolute atomic E-state index is 5.00. The average molecular weight is 115 g/mol. The number of hydrogen-bond donors (Lipinski definition) is 0. The molecule has 0 atom stereocenters. The van der Waals surface area contributed by atoms with Crippen molar-refractivity contribution >= 4 is 0 Å². The summed E-state index contributed by atoms with van der Waals surface area (Å²) in [4.78, 5) is 0. The van der Waals surface area contributed by atoms with Gasteiger partial charge >= 0.3 is 0 Å². The summed E-state index contributed by atoms with van der Waals surface area (Å²) in [5.74, 6) is 1.20. The van der Waals surface area contributed by atoms with Gasteiger partial charge in [0.05, 0.1) is 25.7 Å². The summed E-state index contributed by atoms with van der Waals surface area (Å²) < 4.78 is 15.0. The van der Waals surface area contributed by atoms with Crippen molar-refractivity contribution in [3.63, 3.8) is 0 Å². The van der Waals surface area contributed by atoms with Crippen LogP contribution >= 0.6 is 0 Å². The molecule has 45 valence electrons. The first kappa shape index (κ1) is 4.73. The minimum absolute atomic E-state index is 0.368. The third-order valence-electron chi connectivity index (χ3n) is 1.27. The van der Waals surface area contributed by atoms with Crippen LogP contribution in [0.4, 0.5) is 0 Å². The molecule has 0 saturated carbocycles. The fourth-order valence-electron chi connectivity index (χ4n) is 0.827. The highest BCUT2D eigenvalue weighted by molar-refractivity contribution is 4.93. The summed E-state index contributed by atoms with van der Waals surface area (Å²) in [6.07, 6.45) is 0. The van der Waals surface area contributed by atoms with Gasteiger partial charge in [0.1, 0.15) is 0 Å². The standard InChI is InChI=1S/C5H7O3/c1-4-2-7-5(6-1)8-3-4/h5H,1-3H2. The highest BCUT2D eigenvalue weighted by Crippen LogP contribution is 2.20. The van der Waals surface area contributed by atoms with Crippen molar-refractivity contribution < 1.29 is 14.2 Å². The average Bonchev–Trinajstić information content (AvgIpc) is 1.92. The molecule has 0 aromatic rings. The van der Waals surface area contributed by atoms with Crippen LogP contribution in [0.2, 0.25) is 0 Å². The molecular formula is C5H7O3. The van der Waals surface area contributed by atoms with E-state index in [-0.39, 0.29) is 6.48 Å². The SMILES string of the molecule is C1OC2OC[C]1CO2. The van der Waals surface area contributed by atoms with Crippen molar-refractivity contribution in [1.82, 2.24) is 0 Å². The third kappa shape index (κ3) is 0.632. The largest absolute Gasteiger partial charge is 0.329 e. The van der Waals surface area contributed by atoms with E-state index >= 15 is 0 Å². The Bertz CT molecular complexity index is 62.7. The normalized spacial score (nSPS) is 31.5. The van der Waals surface area contributed by atoms with E-state index in [1.54, 1.807) is 0 Å². The van der Waals surface area contributed by atoms with Crippen LogP contribution in [0.5, 0.6) is 0 Å². The lowest BCUT2D eigenvalue weighted by Gasteiger charge is -2.34. The molecule has 0 amide bonds. The molecule has 0 aromatic heterocycles. The van der Waals surface area contributed by atoms with E-state index in [1.807, 2.05) is 0 Å². The van der Waals surface area contributed by atoms with Crippen LogP contribution in [0.3, 0.4) is 0 Å². The fourth-order valence-corrected chi connectivity index (χ4v) is 0.827. The Morgan fingerprint density at radius 1 is 1.00 bits per heavy atom.